The first kappa shape index (κ1) is 13.1. The summed E-state index contributed by atoms with van der Waals surface area (Å²) in [5, 5.41) is 8.53. The van der Waals surface area contributed by atoms with Crippen LogP contribution in [-0.4, -0.2) is 19.8 Å². The van der Waals surface area contributed by atoms with Crippen LogP contribution in [0.3, 0.4) is 0 Å². The van der Waals surface area contributed by atoms with Gasteiger partial charge in [0, 0.05) is 11.8 Å². The molecule has 0 fully saturated rings. The Labute approximate surface area is 132 Å². The van der Waals surface area contributed by atoms with Crippen LogP contribution in [0.1, 0.15) is 10.5 Å². The fourth-order valence-corrected chi connectivity index (χ4v) is 3.16. The van der Waals surface area contributed by atoms with Crippen molar-refractivity contribution in [1.29, 1.82) is 0 Å². The van der Waals surface area contributed by atoms with Gasteiger partial charge < -0.3 is 9.84 Å². The van der Waals surface area contributed by atoms with E-state index in [1.54, 1.807) is 18.2 Å². The molecule has 3 aromatic heterocycles. The lowest BCUT2D eigenvalue weighted by Gasteiger charge is -2.01. The molecule has 1 aromatic carbocycles. The molecule has 0 saturated carbocycles. The van der Waals surface area contributed by atoms with Crippen LogP contribution >= 0.6 is 23.1 Å². The molecule has 0 spiro atoms. The summed E-state index contributed by atoms with van der Waals surface area (Å²) < 4.78 is 13.5. The molecule has 0 saturated heterocycles. The highest BCUT2D eigenvalue weighted by molar-refractivity contribution is 7.13. The summed E-state index contributed by atoms with van der Waals surface area (Å²) in [5.74, 6) is 0.258. The highest BCUT2D eigenvalue weighted by Crippen LogP contribution is 2.25. The lowest BCUT2D eigenvalue weighted by Crippen LogP contribution is -2.12. The average Bonchev–Trinajstić information content (AvgIpc) is 3.26. The topological polar surface area (TPSA) is 80.9 Å². The number of anilines is 1. The predicted octanol–water partition coefficient (Wildman–Crippen LogP) is 3.66. The molecular formula is C14H8N4O2S2. The number of thiophene rings is 1. The van der Waals surface area contributed by atoms with Gasteiger partial charge in [-0.3, -0.25) is 4.79 Å². The van der Waals surface area contributed by atoms with Crippen molar-refractivity contribution in [2.45, 2.75) is 0 Å². The summed E-state index contributed by atoms with van der Waals surface area (Å²) in [5.41, 5.74) is 2.44. The van der Waals surface area contributed by atoms with Gasteiger partial charge in [0.1, 0.15) is 11.0 Å². The average molecular weight is 328 g/mol. The summed E-state index contributed by atoms with van der Waals surface area (Å²) in [4.78, 5) is 13.1. The van der Waals surface area contributed by atoms with Crippen molar-refractivity contribution in [3.05, 3.63) is 47.5 Å². The first-order valence-electron chi connectivity index (χ1n) is 6.34. The maximum absolute atomic E-state index is 12.2. The maximum Gasteiger partial charge on any atom is 0.277 e. The SMILES string of the molecule is O=C(Nc1ccc2nsnc2c1)c1cc(-c2cccs2)on1. The molecule has 1 amide bonds. The Morgan fingerprint density at radius 1 is 1.14 bits per heavy atom. The molecule has 0 aliphatic heterocycles. The number of aromatic nitrogens is 3. The molecule has 1 N–H and O–H groups in total. The van der Waals surface area contributed by atoms with E-state index in [2.05, 4.69) is 19.2 Å². The zero-order chi connectivity index (χ0) is 14.9. The monoisotopic (exact) mass is 328 g/mol. The molecule has 3 heterocycles. The van der Waals surface area contributed by atoms with Gasteiger partial charge >= 0.3 is 0 Å². The van der Waals surface area contributed by atoms with Gasteiger partial charge in [-0.15, -0.1) is 11.3 Å². The second kappa shape index (κ2) is 5.32. The van der Waals surface area contributed by atoms with Crippen LogP contribution < -0.4 is 5.32 Å². The second-order valence-corrected chi connectivity index (χ2v) is 5.95. The van der Waals surface area contributed by atoms with Crippen molar-refractivity contribution >= 4 is 45.7 Å². The summed E-state index contributed by atoms with van der Waals surface area (Å²) in [6.45, 7) is 0. The van der Waals surface area contributed by atoms with Crippen molar-refractivity contribution in [3.8, 4) is 10.6 Å². The van der Waals surface area contributed by atoms with E-state index in [9.17, 15) is 4.79 Å². The first-order chi connectivity index (χ1) is 10.8. The molecule has 0 aliphatic rings. The predicted molar refractivity (Wildman–Crippen MR) is 85.2 cm³/mol. The minimum Gasteiger partial charge on any atom is -0.355 e. The number of nitrogens with zero attached hydrogens (tertiary/aromatic N) is 3. The number of nitrogens with one attached hydrogen (secondary N) is 1. The Kier molecular flexibility index (Phi) is 3.17. The van der Waals surface area contributed by atoms with Crippen molar-refractivity contribution in [3.63, 3.8) is 0 Å². The summed E-state index contributed by atoms with van der Waals surface area (Å²) in [7, 11) is 0. The Bertz CT molecular complexity index is 943. The quantitative estimate of drug-likeness (QED) is 0.621. The molecule has 4 rings (SSSR count). The van der Waals surface area contributed by atoms with Crippen LogP contribution in [0.25, 0.3) is 21.7 Å². The number of benzene rings is 1. The van der Waals surface area contributed by atoms with Gasteiger partial charge in [-0.1, -0.05) is 11.2 Å². The first-order valence-corrected chi connectivity index (χ1v) is 7.95. The molecular weight excluding hydrogens is 320 g/mol. The van der Waals surface area contributed by atoms with E-state index < -0.39 is 0 Å². The minimum atomic E-state index is -0.325. The molecule has 6 nitrogen and oxygen atoms in total. The van der Waals surface area contributed by atoms with Gasteiger partial charge in [0.25, 0.3) is 5.91 Å². The van der Waals surface area contributed by atoms with Crippen LogP contribution in [0.2, 0.25) is 0 Å². The standard InChI is InChI=1S/C14H8N4O2S2/c19-14(11-7-12(20-16-11)13-2-1-5-21-13)15-8-3-4-9-10(6-8)18-22-17-9/h1-7H,(H,15,19). The van der Waals surface area contributed by atoms with E-state index in [1.807, 2.05) is 23.6 Å². The molecule has 0 aliphatic carbocycles. The van der Waals surface area contributed by atoms with Gasteiger partial charge in [-0.05, 0) is 29.6 Å². The van der Waals surface area contributed by atoms with Crippen LogP contribution in [0, 0.1) is 0 Å². The zero-order valence-corrected chi connectivity index (χ0v) is 12.6. The third-order valence-electron chi connectivity index (χ3n) is 3.02. The Hall–Kier alpha value is -2.58. The van der Waals surface area contributed by atoms with Gasteiger partial charge in [0.15, 0.2) is 11.5 Å². The molecule has 108 valence electrons. The van der Waals surface area contributed by atoms with Gasteiger partial charge in [-0.2, -0.15) is 8.75 Å². The maximum atomic E-state index is 12.2. The van der Waals surface area contributed by atoms with Crippen LogP contribution in [-0.2, 0) is 0 Å². The van der Waals surface area contributed by atoms with Crippen molar-refractivity contribution in [2.75, 3.05) is 5.32 Å². The van der Waals surface area contributed by atoms with E-state index in [4.69, 9.17) is 4.52 Å². The summed E-state index contributed by atoms with van der Waals surface area (Å²) in [6.07, 6.45) is 0. The number of fused-ring (bicyclic) bond motifs is 1. The summed E-state index contributed by atoms with van der Waals surface area (Å²) >= 11 is 2.67. The number of rotatable bonds is 3. The second-order valence-electron chi connectivity index (χ2n) is 4.48. The van der Waals surface area contributed by atoms with Gasteiger partial charge in [0.2, 0.25) is 0 Å². The summed E-state index contributed by atoms with van der Waals surface area (Å²) in [6, 6.07) is 10.8. The van der Waals surface area contributed by atoms with Gasteiger partial charge in [-0.25, -0.2) is 0 Å². The fraction of sp³-hybridized carbons (Fsp3) is 0. The molecule has 4 aromatic rings. The number of carbonyl (C=O) groups excluding carboxylic acids is 1. The molecule has 0 bridgehead atoms. The van der Waals surface area contributed by atoms with E-state index in [1.165, 1.54) is 11.3 Å². The number of carbonyl (C=O) groups is 1. The van der Waals surface area contributed by atoms with Crippen LogP contribution in [0.5, 0.6) is 0 Å². The van der Waals surface area contributed by atoms with E-state index in [0.29, 0.717) is 11.4 Å². The lowest BCUT2D eigenvalue weighted by molar-refractivity contribution is 0.101. The molecule has 0 atom stereocenters. The number of amides is 1. The third-order valence-corrected chi connectivity index (χ3v) is 4.46. The van der Waals surface area contributed by atoms with E-state index in [0.717, 1.165) is 27.6 Å². The van der Waals surface area contributed by atoms with Crippen LogP contribution in [0.15, 0.2) is 46.3 Å². The van der Waals surface area contributed by atoms with E-state index >= 15 is 0 Å². The molecule has 0 unspecified atom stereocenters. The minimum absolute atomic E-state index is 0.236. The normalized spacial score (nSPS) is 10.9. The largest absolute Gasteiger partial charge is 0.355 e. The van der Waals surface area contributed by atoms with Crippen molar-refractivity contribution in [2.24, 2.45) is 0 Å². The Morgan fingerprint density at radius 3 is 2.91 bits per heavy atom. The molecule has 0 radical (unpaired) electrons. The molecule has 8 heteroatoms. The van der Waals surface area contributed by atoms with Crippen LogP contribution in [0.4, 0.5) is 5.69 Å². The zero-order valence-electron chi connectivity index (χ0n) is 11.0. The lowest BCUT2D eigenvalue weighted by atomic mass is 10.2. The Balaban J connectivity index is 1.56. The van der Waals surface area contributed by atoms with Crippen molar-refractivity contribution < 1.29 is 9.32 Å². The number of hydrogen-bond acceptors (Lipinski definition) is 7. The molecule has 22 heavy (non-hydrogen) atoms. The Morgan fingerprint density at radius 2 is 2.05 bits per heavy atom. The fourth-order valence-electron chi connectivity index (χ4n) is 1.97. The van der Waals surface area contributed by atoms with E-state index in [-0.39, 0.29) is 11.6 Å². The highest BCUT2D eigenvalue weighted by Gasteiger charge is 2.14. The van der Waals surface area contributed by atoms with Crippen molar-refractivity contribution in [1.82, 2.24) is 13.9 Å². The third kappa shape index (κ3) is 2.38. The smallest absolute Gasteiger partial charge is 0.277 e. The van der Waals surface area contributed by atoms with Gasteiger partial charge in [0.05, 0.1) is 16.6 Å². The highest BCUT2D eigenvalue weighted by atomic mass is 32.1. The number of hydrogen-bond donors (Lipinski definition) is 1.